The lowest BCUT2D eigenvalue weighted by atomic mass is 9.81. The summed E-state index contributed by atoms with van der Waals surface area (Å²) in [5.74, 6) is 0.725. The summed E-state index contributed by atoms with van der Waals surface area (Å²) in [5.41, 5.74) is 2.54. The molecule has 3 amide bonds. The van der Waals surface area contributed by atoms with Crippen molar-refractivity contribution >= 4 is 22.8 Å². The van der Waals surface area contributed by atoms with Crippen LogP contribution >= 0.6 is 0 Å². The molecular weight excluding hydrogens is 468 g/mol. The van der Waals surface area contributed by atoms with Gasteiger partial charge in [0.15, 0.2) is 0 Å². The van der Waals surface area contributed by atoms with Crippen molar-refractivity contribution in [3.63, 3.8) is 0 Å². The van der Waals surface area contributed by atoms with Gasteiger partial charge >= 0.3 is 6.03 Å². The molecule has 3 aromatic rings. The van der Waals surface area contributed by atoms with Crippen LogP contribution in [0, 0.1) is 0 Å². The van der Waals surface area contributed by atoms with Gasteiger partial charge in [0.05, 0.1) is 6.61 Å². The number of benzene rings is 2. The number of H-pyrrole nitrogens is 1. The van der Waals surface area contributed by atoms with Crippen LogP contribution in [0.15, 0.2) is 54.6 Å². The molecule has 8 nitrogen and oxygen atoms in total. The van der Waals surface area contributed by atoms with Crippen LogP contribution in [-0.2, 0) is 11.2 Å². The molecule has 192 valence electrons. The third-order valence-corrected chi connectivity index (χ3v) is 7.88. The number of aromatic amines is 1. The number of rotatable bonds is 7. The number of fused-ring (bicyclic) bond motifs is 4. The molecule has 2 atom stereocenters. The summed E-state index contributed by atoms with van der Waals surface area (Å²) in [7, 11) is 0. The highest BCUT2D eigenvalue weighted by Gasteiger charge is 2.60. The molecule has 0 aliphatic carbocycles. The number of carbonyl (C=O) groups is 2. The van der Waals surface area contributed by atoms with Gasteiger partial charge in [0.1, 0.15) is 23.1 Å². The van der Waals surface area contributed by atoms with Crippen molar-refractivity contribution < 1.29 is 19.4 Å². The number of phenolic OH excluding ortho intramolecular Hbond substituents is 1. The topological polar surface area (TPSA) is 89.1 Å². The highest BCUT2D eigenvalue weighted by molar-refractivity contribution is 6.08. The summed E-state index contributed by atoms with van der Waals surface area (Å²) in [5, 5.41) is 11.3. The Morgan fingerprint density at radius 3 is 2.68 bits per heavy atom. The lowest BCUT2D eigenvalue weighted by molar-refractivity contribution is -0.133. The highest BCUT2D eigenvalue weighted by Crippen LogP contribution is 2.49. The summed E-state index contributed by atoms with van der Waals surface area (Å²) in [6.07, 6.45) is 5.42. The molecule has 1 saturated heterocycles. The Kier molecular flexibility index (Phi) is 5.71. The largest absolute Gasteiger partial charge is 0.508 e. The van der Waals surface area contributed by atoms with Crippen molar-refractivity contribution in [3.8, 4) is 11.5 Å². The van der Waals surface area contributed by atoms with Gasteiger partial charge in [0.2, 0.25) is 0 Å². The fourth-order valence-electron chi connectivity index (χ4n) is 6.14. The van der Waals surface area contributed by atoms with E-state index >= 15 is 0 Å². The lowest BCUT2D eigenvalue weighted by Gasteiger charge is -2.42. The monoisotopic (exact) mass is 500 g/mol. The van der Waals surface area contributed by atoms with Gasteiger partial charge in [-0.1, -0.05) is 24.3 Å². The van der Waals surface area contributed by atoms with Gasteiger partial charge in [-0.05, 0) is 61.7 Å². The number of hydrogen-bond donors (Lipinski definition) is 2. The van der Waals surface area contributed by atoms with E-state index in [1.54, 1.807) is 23.1 Å². The Hall–Kier alpha value is -3.78. The first-order valence-electron chi connectivity index (χ1n) is 13.0. The molecule has 1 aromatic heterocycles. The Morgan fingerprint density at radius 2 is 1.92 bits per heavy atom. The van der Waals surface area contributed by atoms with Crippen molar-refractivity contribution in [1.29, 1.82) is 0 Å². The van der Waals surface area contributed by atoms with Gasteiger partial charge in [-0.15, -0.1) is 0 Å². The van der Waals surface area contributed by atoms with Crippen molar-refractivity contribution in [2.75, 3.05) is 32.8 Å². The molecule has 3 aliphatic heterocycles. The predicted molar refractivity (Wildman–Crippen MR) is 141 cm³/mol. The number of imide groups is 1. The van der Waals surface area contributed by atoms with E-state index in [-0.39, 0.29) is 17.7 Å². The van der Waals surface area contributed by atoms with Crippen LogP contribution in [0.2, 0.25) is 0 Å². The number of aromatic nitrogens is 1. The van der Waals surface area contributed by atoms with E-state index in [9.17, 15) is 14.7 Å². The second-order valence-corrected chi connectivity index (χ2v) is 10.3. The normalized spacial score (nSPS) is 23.2. The second kappa shape index (κ2) is 8.95. The summed E-state index contributed by atoms with van der Waals surface area (Å²) >= 11 is 0. The molecular formula is C29H32N4O4. The number of urea groups is 1. The van der Waals surface area contributed by atoms with E-state index in [0.29, 0.717) is 19.6 Å². The zero-order chi connectivity index (χ0) is 25.7. The maximum atomic E-state index is 13.9. The molecule has 2 aromatic carbocycles. The molecule has 8 heteroatoms. The number of hydrogen-bond acceptors (Lipinski definition) is 5. The minimum atomic E-state index is -1.04. The highest BCUT2D eigenvalue weighted by atomic mass is 16.5. The SMILES string of the molecule is CCOc1ccc2[nH]c3c(c2c1)C[C@@]1(C)C(=O)N(CCCN2CC=CC2)C(=O)N1[C@@H]3c1cccc(O)c1. The third kappa shape index (κ3) is 3.78. The van der Waals surface area contributed by atoms with Crippen molar-refractivity contribution in [2.45, 2.75) is 38.3 Å². The molecule has 0 saturated carbocycles. The Labute approximate surface area is 216 Å². The number of aromatic hydroxyl groups is 1. The van der Waals surface area contributed by atoms with Gasteiger partial charge in [0, 0.05) is 49.2 Å². The van der Waals surface area contributed by atoms with Crippen LogP contribution in [0.3, 0.4) is 0 Å². The maximum absolute atomic E-state index is 13.9. The number of ether oxygens (including phenoxy) is 1. The molecule has 1 fully saturated rings. The molecule has 37 heavy (non-hydrogen) atoms. The molecule has 0 spiro atoms. The molecule has 2 N–H and O–H groups in total. The summed E-state index contributed by atoms with van der Waals surface area (Å²) < 4.78 is 5.76. The molecule has 0 bridgehead atoms. The minimum Gasteiger partial charge on any atom is -0.508 e. The fourth-order valence-corrected chi connectivity index (χ4v) is 6.14. The predicted octanol–water partition coefficient (Wildman–Crippen LogP) is 4.20. The summed E-state index contributed by atoms with van der Waals surface area (Å²) in [4.78, 5) is 36.8. The molecule has 0 radical (unpaired) electrons. The van der Waals surface area contributed by atoms with Crippen LogP contribution in [-0.4, -0.2) is 75.1 Å². The van der Waals surface area contributed by atoms with Gasteiger partial charge in [-0.3, -0.25) is 19.5 Å². The summed E-state index contributed by atoms with van der Waals surface area (Å²) in [6, 6.07) is 12.1. The number of carbonyl (C=O) groups excluding carboxylic acids is 2. The van der Waals surface area contributed by atoms with Gasteiger partial charge in [0.25, 0.3) is 5.91 Å². The fraction of sp³-hybridized carbons (Fsp3) is 0.379. The van der Waals surface area contributed by atoms with E-state index in [4.69, 9.17) is 4.74 Å². The Balaban J connectivity index is 1.42. The van der Waals surface area contributed by atoms with Crippen LogP contribution < -0.4 is 4.74 Å². The van der Waals surface area contributed by atoms with Crippen molar-refractivity contribution in [3.05, 3.63) is 71.4 Å². The maximum Gasteiger partial charge on any atom is 0.328 e. The number of amides is 3. The number of nitrogens with one attached hydrogen (secondary N) is 1. The first kappa shape index (κ1) is 23.6. The molecule has 4 heterocycles. The van der Waals surface area contributed by atoms with Crippen molar-refractivity contribution in [1.82, 2.24) is 19.7 Å². The third-order valence-electron chi connectivity index (χ3n) is 7.88. The quantitative estimate of drug-likeness (QED) is 0.375. The molecule has 6 rings (SSSR count). The van der Waals surface area contributed by atoms with Gasteiger partial charge < -0.3 is 14.8 Å². The average molecular weight is 501 g/mol. The summed E-state index contributed by atoms with van der Waals surface area (Å²) in [6.45, 7) is 7.43. The Bertz CT molecular complexity index is 1400. The number of nitrogens with zero attached hydrogens (tertiary/aromatic N) is 3. The zero-order valence-electron chi connectivity index (χ0n) is 21.2. The van der Waals surface area contributed by atoms with E-state index < -0.39 is 11.6 Å². The number of phenols is 1. The van der Waals surface area contributed by atoms with Gasteiger partial charge in [-0.2, -0.15) is 0 Å². The smallest absolute Gasteiger partial charge is 0.328 e. The van der Waals surface area contributed by atoms with E-state index in [1.807, 2.05) is 38.1 Å². The first-order chi connectivity index (χ1) is 17.9. The lowest BCUT2D eigenvalue weighted by Crippen LogP contribution is -2.53. The first-order valence-corrected chi connectivity index (χ1v) is 13.0. The van der Waals surface area contributed by atoms with E-state index in [1.165, 1.54) is 4.90 Å². The van der Waals surface area contributed by atoms with E-state index in [2.05, 4.69) is 22.0 Å². The minimum absolute atomic E-state index is 0.120. The van der Waals surface area contributed by atoms with Gasteiger partial charge in [-0.25, -0.2) is 4.79 Å². The van der Waals surface area contributed by atoms with Crippen LogP contribution in [0.5, 0.6) is 11.5 Å². The molecule has 0 unspecified atom stereocenters. The van der Waals surface area contributed by atoms with Crippen LogP contribution in [0.1, 0.15) is 43.1 Å². The Morgan fingerprint density at radius 1 is 1.11 bits per heavy atom. The van der Waals surface area contributed by atoms with Crippen LogP contribution in [0.4, 0.5) is 4.79 Å². The molecule has 3 aliphatic rings. The average Bonchev–Trinajstić information content (AvgIpc) is 3.57. The van der Waals surface area contributed by atoms with Crippen LogP contribution in [0.25, 0.3) is 10.9 Å². The van der Waals surface area contributed by atoms with E-state index in [0.717, 1.165) is 59.5 Å². The standard InChI is InChI=1S/C29H32N4O4/c1-3-37-21-10-11-24-22(17-21)23-18-29(2)27(35)32(15-7-14-31-12-4-5-13-31)28(36)33(29)26(25(23)30-24)19-8-6-9-20(34)16-19/h4-6,8-11,16-17,26,30,34H,3,7,12-15,18H2,1-2H3/t26-,29+/m1/s1. The second-order valence-electron chi connectivity index (χ2n) is 10.3. The van der Waals surface area contributed by atoms with Crippen molar-refractivity contribution in [2.24, 2.45) is 0 Å². The zero-order valence-corrected chi connectivity index (χ0v) is 21.2.